The normalized spacial score (nSPS) is 12.9. The van der Waals surface area contributed by atoms with Gasteiger partial charge in [0.2, 0.25) is 11.8 Å². The maximum atomic E-state index is 11.7. The number of hydrogen-bond acceptors (Lipinski definition) is 4. The third kappa shape index (κ3) is 7.85. The Balaban J connectivity index is 0.00000264. The average Bonchev–Trinajstić information content (AvgIpc) is 3.35. The van der Waals surface area contributed by atoms with Crippen molar-refractivity contribution in [1.29, 1.82) is 0 Å². The molecular weight excluding hydrogens is 318 g/mol. The van der Waals surface area contributed by atoms with Crippen molar-refractivity contribution in [3.63, 3.8) is 0 Å². The standard InChI is InChI=1S/C16H23N3O3.ClH/c1-22-14-6-4-13(5-7-14)9-18-16(21)11-19-15(20)10-17-8-12-2-3-12;/h4-7,12,17H,2-3,8-11H2,1H3,(H,18,21)(H,19,20);1H. The third-order valence-corrected chi connectivity index (χ3v) is 3.51. The molecule has 0 aliphatic heterocycles. The van der Waals surface area contributed by atoms with Crippen LogP contribution in [-0.4, -0.2) is 38.6 Å². The van der Waals surface area contributed by atoms with Gasteiger partial charge >= 0.3 is 0 Å². The zero-order valence-electron chi connectivity index (χ0n) is 13.3. The number of ether oxygens (including phenoxy) is 1. The summed E-state index contributed by atoms with van der Waals surface area (Å²) in [6, 6.07) is 7.46. The van der Waals surface area contributed by atoms with E-state index in [2.05, 4.69) is 16.0 Å². The molecule has 2 amide bonds. The zero-order valence-corrected chi connectivity index (χ0v) is 14.1. The molecule has 0 heterocycles. The van der Waals surface area contributed by atoms with Crippen molar-refractivity contribution >= 4 is 24.2 Å². The highest BCUT2D eigenvalue weighted by Crippen LogP contribution is 2.27. The van der Waals surface area contributed by atoms with Crippen LogP contribution in [0, 0.1) is 5.92 Å². The first-order valence-corrected chi connectivity index (χ1v) is 7.54. The lowest BCUT2D eigenvalue weighted by Crippen LogP contribution is -2.40. The summed E-state index contributed by atoms with van der Waals surface area (Å²) in [5, 5.41) is 8.44. The van der Waals surface area contributed by atoms with Gasteiger partial charge in [-0.1, -0.05) is 12.1 Å². The Bertz CT molecular complexity index is 504. The molecule has 1 fully saturated rings. The largest absolute Gasteiger partial charge is 0.497 e. The van der Waals surface area contributed by atoms with Crippen molar-refractivity contribution in [3.05, 3.63) is 29.8 Å². The summed E-state index contributed by atoms with van der Waals surface area (Å²) in [6.45, 7) is 1.58. The van der Waals surface area contributed by atoms with E-state index >= 15 is 0 Å². The molecule has 0 radical (unpaired) electrons. The van der Waals surface area contributed by atoms with Crippen molar-refractivity contribution in [2.45, 2.75) is 19.4 Å². The molecule has 0 spiro atoms. The molecule has 0 unspecified atom stereocenters. The minimum Gasteiger partial charge on any atom is -0.497 e. The molecule has 0 aromatic heterocycles. The quantitative estimate of drug-likeness (QED) is 0.622. The van der Waals surface area contributed by atoms with Gasteiger partial charge in [-0.3, -0.25) is 9.59 Å². The number of halogens is 1. The van der Waals surface area contributed by atoms with Crippen LogP contribution in [0.2, 0.25) is 0 Å². The van der Waals surface area contributed by atoms with Crippen molar-refractivity contribution in [1.82, 2.24) is 16.0 Å². The maximum absolute atomic E-state index is 11.7. The smallest absolute Gasteiger partial charge is 0.239 e. The number of nitrogens with one attached hydrogen (secondary N) is 3. The molecule has 3 N–H and O–H groups in total. The molecule has 0 bridgehead atoms. The van der Waals surface area contributed by atoms with Gasteiger partial charge in [0.1, 0.15) is 5.75 Å². The van der Waals surface area contributed by atoms with Gasteiger partial charge in [-0.05, 0) is 43.0 Å². The van der Waals surface area contributed by atoms with Gasteiger partial charge in [0.05, 0.1) is 20.2 Å². The first-order valence-electron chi connectivity index (χ1n) is 7.54. The predicted octanol–water partition coefficient (Wildman–Crippen LogP) is 0.849. The first kappa shape index (κ1) is 19.3. The number of hydrogen-bond donors (Lipinski definition) is 3. The summed E-state index contributed by atoms with van der Waals surface area (Å²) >= 11 is 0. The topological polar surface area (TPSA) is 79.5 Å². The molecule has 7 heteroatoms. The second kappa shape index (κ2) is 10.1. The van der Waals surface area contributed by atoms with E-state index in [0.29, 0.717) is 6.54 Å². The average molecular weight is 342 g/mol. The van der Waals surface area contributed by atoms with Crippen LogP contribution < -0.4 is 20.7 Å². The fourth-order valence-electron chi connectivity index (χ4n) is 1.96. The predicted molar refractivity (Wildman–Crippen MR) is 90.7 cm³/mol. The fourth-order valence-corrected chi connectivity index (χ4v) is 1.96. The van der Waals surface area contributed by atoms with E-state index in [4.69, 9.17) is 4.74 Å². The minimum atomic E-state index is -0.202. The van der Waals surface area contributed by atoms with Crippen LogP contribution in [0.5, 0.6) is 5.75 Å². The zero-order chi connectivity index (χ0) is 15.8. The molecule has 1 aromatic carbocycles. The molecule has 1 aromatic rings. The molecule has 128 valence electrons. The molecular formula is C16H24ClN3O3. The van der Waals surface area contributed by atoms with Crippen molar-refractivity contribution in [3.8, 4) is 5.75 Å². The highest BCUT2D eigenvalue weighted by atomic mass is 35.5. The summed E-state index contributed by atoms with van der Waals surface area (Å²) in [4.78, 5) is 23.2. The van der Waals surface area contributed by atoms with E-state index in [0.717, 1.165) is 23.8 Å². The number of rotatable bonds is 9. The Morgan fingerprint density at radius 1 is 1.09 bits per heavy atom. The van der Waals surface area contributed by atoms with Crippen LogP contribution in [0.25, 0.3) is 0 Å². The Morgan fingerprint density at radius 2 is 1.74 bits per heavy atom. The van der Waals surface area contributed by atoms with Crippen molar-refractivity contribution < 1.29 is 14.3 Å². The Hall–Kier alpha value is -1.79. The van der Waals surface area contributed by atoms with Gasteiger partial charge < -0.3 is 20.7 Å². The van der Waals surface area contributed by atoms with Crippen molar-refractivity contribution in [2.75, 3.05) is 26.7 Å². The minimum absolute atomic E-state index is 0. The molecule has 2 rings (SSSR count). The highest BCUT2D eigenvalue weighted by Gasteiger charge is 2.20. The molecule has 1 aliphatic carbocycles. The monoisotopic (exact) mass is 341 g/mol. The second-order valence-electron chi connectivity index (χ2n) is 5.48. The van der Waals surface area contributed by atoms with E-state index in [1.807, 2.05) is 24.3 Å². The fraction of sp³-hybridized carbons (Fsp3) is 0.500. The molecule has 0 saturated heterocycles. The van der Waals surface area contributed by atoms with Crippen LogP contribution in [0.3, 0.4) is 0 Å². The molecule has 23 heavy (non-hydrogen) atoms. The van der Waals surface area contributed by atoms with Gasteiger partial charge in [0.25, 0.3) is 0 Å². The van der Waals surface area contributed by atoms with E-state index in [1.165, 1.54) is 12.8 Å². The number of carbonyl (C=O) groups excluding carboxylic acids is 2. The highest BCUT2D eigenvalue weighted by molar-refractivity contribution is 5.85. The van der Waals surface area contributed by atoms with E-state index < -0.39 is 0 Å². The van der Waals surface area contributed by atoms with Crippen LogP contribution >= 0.6 is 12.4 Å². The number of amides is 2. The maximum Gasteiger partial charge on any atom is 0.239 e. The van der Waals surface area contributed by atoms with Gasteiger partial charge in [0, 0.05) is 6.54 Å². The van der Waals surface area contributed by atoms with E-state index in [1.54, 1.807) is 7.11 Å². The molecule has 1 aliphatic rings. The summed E-state index contributed by atoms with van der Waals surface area (Å²) in [5.41, 5.74) is 0.978. The van der Waals surface area contributed by atoms with Crippen LogP contribution in [0.4, 0.5) is 0 Å². The van der Waals surface area contributed by atoms with Gasteiger partial charge in [-0.25, -0.2) is 0 Å². The van der Waals surface area contributed by atoms with Crippen LogP contribution in [-0.2, 0) is 16.1 Å². The Morgan fingerprint density at radius 3 is 2.35 bits per heavy atom. The summed E-state index contributed by atoms with van der Waals surface area (Å²) in [6.07, 6.45) is 2.50. The SMILES string of the molecule is COc1ccc(CNC(=O)CNC(=O)CNCC2CC2)cc1.Cl. The van der Waals surface area contributed by atoms with Crippen LogP contribution in [0.1, 0.15) is 18.4 Å². The van der Waals surface area contributed by atoms with E-state index in [-0.39, 0.29) is 37.3 Å². The Kier molecular flexibility index (Phi) is 8.43. The number of methoxy groups -OCH3 is 1. The number of carbonyl (C=O) groups is 2. The van der Waals surface area contributed by atoms with Gasteiger partial charge in [-0.2, -0.15) is 0 Å². The van der Waals surface area contributed by atoms with Gasteiger partial charge in [-0.15, -0.1) is 12.4 Å². The van der Waals surface area contributed by atoms with Gasteiger partial charge in [0.15, 0.2) is 0 Å². The lowest BCUT2D eigenvalue weighted by atomic mass is 10.2. The van der Waals surface area contributed by atoms with Crippen LogP contribution in [0.15, 0.2) is 24.3 Å². The van der Waals surface area contributed by atoms with E-state index in [9.17, 15) is 9.59 Å². The lowest BCUT2D eigenvalue weighted by molar-refractivity contribution is -0.125. The first-order chi connectivity index (χ1) is 10.7. The Labute approximate surface area is 142 Å². The number of benzene rings is 1. The lowest BCUT2D eigenvalue weighted by Gasteiger charge is -2.08. The third-order valence-electron chi connectivity index (χ3n) is 3.51. The molecule has 1 saturated carbocycles. The van der Waals surface area contributed by atoms with Crippen molar-refractivity contribution in [2.24, 2.45) is 5.92 Å². The molecule has 0 atom stereocenters. The summed E-state index contributed by atoms with van der Waals surface area (Å²) in [5.74, 6) is 1.16. The second-order valence-corrected chi connectivity index (χ2v) is 5.48. The summed E-state index contributed by atoms with van der Waals surface area (Å²) < 4.78 is 5.07. The summed E-state index contributed by atoms with van der Waals surface area (Å²) in [7, 11) is 1.61. The molecule has 6 nitrogen and oxygen atoms in total.